The van der Waals surface area contributed by atoms with Gasteiger partial charge in [0.05, 0.1) is 8.95 Å². The molecule has 0 aliphatic heterocycles. The van der Waals surface area contributed by atoms with Crippen molar-refractivity contribution in [2.24, 2.45) is 0 Å². The van der Waals surface area contributed by atoms with E-state index in [1.54, 1.807) is 17.0 Å². The molecule has 1 aromatic rings. The number of rotatable bonds is 3. The third-order valence-electron chi connectivity index (χ3n) is 1.50. The van der Waals surface area contributed by atoms with Crippen molar-refractivity contribution in [3.05, 3.63) is 31.6 Å². The maximum atomic E-state index is 11.2. The predicted molar refractivity (Wildman–Crippen MR) is 56.8 cm³/mol. The summed E-state index contributed by atoms with van der Waals surface area (Å²) in [6.45, 7) is 0.584. The molecule has 0 aliphatic carbocycles. The molecule has 0 unspecified atom stereocenters. The summed E-state index contributed by atoms with van der Waals surface area (Å²) in [6.07, 6.45) is 4.62. The van der Waals surface area contributed by atoms with Gasteiger partial charge in [-0.1, -0.05) is 0 Å². The summed E-state index contributed by atoms with van der Waals surface area (Å²) in [5.41, 5.74) is -0.0812. The molecular formula is C8H7Br2NO2. The second kappa shape index (κ2) is 4.72. The van der Waals surface area contributed by atoms with Crippen LogP contribution in [0, 0.1) is 0 Å². The summed E-state index contributed by atoms with van der Waals surface area (Å²) in [5.74, 6) is 0. The molecule has 0 saturated heterocycles. The molecule has 1 heterocycles. The van der Waals surface area contributed by atoms with E-state index >= 15 is 0 Å². The van der Waals surface area contributed by atoms with Crippen molar-refractivity contribution in [1.29, 1.82) is 0 Å². The summed E-state index contributed by atoms with van der Waals surface area (Å²) in [5, 5.41) is 0. The number of aryl methyl sites for hydroxylation is 1. The summed E-state index contributed by atoms with van der Waals surface area (Å²) < 4.78 is 2.77. The predicted octanol–water partition coefficient (Wildman–Crippen LogP) is 1.96. The lowest BCUT2D eigenvalue weighted by Gasteiger charge is -2.04. The first-order valence-electron chi connectivity index (χ1n) is 3.64. The molecule has 5 heteroatoms. The number of hydrogen-bond donors (Lipinski definition) is 0. The number of pyridine rings is 1. The molecule has 13 heavy (non-hydrogen) atoms. The van der Waals surface area contributed by atoms with Crippen LogP contribution in [0.1, 0.15) is 6.42 Å². The highest BCUT2D eigenvalue weighted by Gasteiger charge is 2.01. The Hall–Kier alpha value is -0.420. The Bertz CT molecular complexity index is 347. The normalized spacial score (nSPS) is 10.0. The Labute approximate surface area is 92.0 Å². The molecule has 70 valence electrons. The Morgan fingerprint density at radius 1 is 1.31 bits per heavy atom. The Balaban J connectivity index is 2.99. The minimum Gasteiger partial charge on any atom is -0.351 e. The minimum absolute atomic E-state index is 0.0812. The largest absolute Gasteiger partial charge is 0.351 e. The standard InChI is InChI=1S/C8H7Br2NO2/c9-6-4-11(2-1-3-12)5-7(10)8(6)13/h3-5H,1-2H2. The van der Waals surface area contributed by atoms with Crippen LogP contribution in [0.3, 0.4) is 0 Å². The molecule has 3 nitrogen and oxygen atoms in total. The fraction of sp³-hybridized carbons (Fsp3) is 0.250. The van der Waals surface area contributed by atoms with E-state index in [0.29, 0.717) is 21.9 Å². The van der Waals surface area contributed by atoms with Gasteiger partial charge in [0, 0.05) is 25.4 Å². The van der Waals surface area contributed by atoms with Gasteiger partial charge in [0.1, 0.15) is 6.29 Å². The Kier molecular flexibility index (Phi) is 3.87. The Morgan fingerprint density at radius 2 is 1.85 bits per heavy atom. The highest BCUT2D eigenvalue weighted by molar-refractivity contribution is 9.11. The molecule has 0 amide bonds. The van der Waals surface area contributed by atoms with Crippen molar-refractivity contribution in [3.63, 3.8) is 0 Å². The molecule has 1 aromatic heterocycles. The summed E-state index contributed by atoms with van der Waals surface area (Å²) in [7, 11) is 0. The molecule has 0 saturated carbocycles. The number of halogens is 2. The number of carbonyl (C=O) groups excluding carboxylic acids is 1. The lowest BCUT2D eigenvalue weighted by atomic mass is 10.4. The first-order valence-corrected chi connectivity index (χ1v) is 5.22. The second-order valence-electron chi connectivity index (χ2n) is 2.48. The van der Waals surface area contributed by atoms with Gasteiger partial charge in [-0.15, -0.1) is 0 Å². The monoisotopic (exact) mass is 307 g/mol. The fourth-order valence-electron chi connectivity index (χ4n) is 0.891. The van der Waals surface area contributed by atoms with Gasteiger partial charge in [0.25, 0.3) is 0 Å². The molecule has 0 bridgehead atoms. The van der Waals surface area contributed by atoms with E-state index in [4.69, 9.17) is 0 Å². The van der Waals surface area contributed by atoms with E-state index in [2.05, 4.69) is 31.9 Å². The highest BCUT2D eigenvalue weighted by atomic mass is 79.9. The molecule has 0 atom stereocenters. The number of nitrogens with zero attached hydrogens (tertiary/aromatic N) is 1. The first-order chi connectivity index (χ1) is 6.15. The van der Waals surface area contributed by atoms with Crippen LogP contribution in [-0.4, -0.2) is 10.9 Å². The van der Waals surface area contributed by atoms with Gasteiger partial charge in [-0.2, -0.15) is 0 Å². The van der Waals surface area contributed by atoms with E-state index in [-0.39, 0.29) is 5.43 Å². The topological polar surface area (TPSA) is 39.1 Å². The van der Waals surface area contributed by atoms with Crippen molar-refractivity contribution in [3.8, 4) is 0 Å². The zero-order valence-electron chi connectivity index (χ0n) is 6.67. The van der Waals surface area contributed by atoms with Crippen molar-refractivity contribution < 1.29 is 4.79 Å². The molecule has 0 aromatic carbocycles. The molecule has 0 fully saturated rings. The van der Waals surface area contributed by atoms with Crippen LogP contribution in [0.15, 0.2) is 26.1 Å². The van der Waals surface area contributed by atoms with Crippen molar-refractivity contribution in [2.75, 3.05) is 0 Å². The van der Waals surface area contributed by atoms with E-state index in [0.717, 1.165) is 6.29 Å². The first kappa shape index (κ1) is 10.7. The van der Waals surface area contributed by atoms with Crippen LogP contribution in [-0.2, 0) is 11.3 Å². The van der Waals surface area contributed by atoms with E-state index in [9.17, 15) is 9.59 Å². The van der Waals surface area contributed by atoms with Crippen LogP contribution in [0.25, 0.3) is 0 Å². The molecule has 1 rings (SSSR count). The summed E-state index contributed by atoms with van der Waals surface area (Å²) in [6, 6.07) is 0. The van der Waals surface area contributed by atoms with E-state index in [1.807, 2.05) is 0 Å². The van der Waals surface area contributed by atoms with E-state index < -0.39 is 0 Å². The smallest absolute Gasteiger partial charge is 0.209 e. The van der Waals surface area contributed by atoms with Gasteiger partial charge in [-0.25, -0.2) is 0 Å². The van der Waals surface area contributed by atoms with Gasteiger partial charge in [0.2, 0.25) is 5.43 Å². The molecule has 0 radical (unpaired) electrons. The molecule has 0 N–H and O–H groups in total. The SMILES string of the molecule is O=CCCn1cc(Br)c(=O)c(Br)c1. The van der Waals surface area contributed by atoms with Crippen molar-refractivity contribution in [2.45, 2.75) is 13.0 Å². The van der Waals surface area contributed by atoms with Gasteiger partial charge < -0.3 is 9.36 Å². The number of aromatic nitrogens is 1. The summed E-state index contributed by atoms with van der Waals surface area (Å²) >= 11 is 6.27. The van der Waals surface area contributed by atoms with Gasteiger partial charge >= 0.3 is 0 Å². The summed E-state index contributed by atoms with van der Waals surface area (Å²) in [4.78, 5) is 21.3. The number of carbonyl (C=O) groups is 1. The van der Waals surface area contributed by atoms with Crippen LogP contribution in [0.4, 0.5) is 0 Å². The molecule has 0 aliphatic rings. The Morgan fingerprint density at radius 3 is 2.31 bits per heavy atom. The lowest BCUT2D eigenvalue weighted by molar-refractivity contribution is -0.108. The highest BCUT2D eigenvalue weighted by Crippen LogP contribution is 2.09. The maximum Gasteiger partial charge on any atom is 0.209 e. The van der Waals surface area contributed by atoms with E-state index in [1.165, 1.54) is 0 Å². The zero-order valence-corrected chi connectivity index (χ0v) is 9.84. The quantitative estimate of drug-likeness (QED) is 0.801. The second-order valence-corrected chi connectivity index (χ2v) is 4.19. The lowest BCUT2D eigenvalue weighted by Crippen LogP contribution is -2.09. The molecular weight excluding hydrogens is 302 g/mol. The van der Waals surface area contributed by atoms with Crippen LogP contribution >= 0.6 is 31.9 Å². The third-order valence-corrected chi connectivity index (χ3v) is 2.63. The average Bonchev–Trinajstić information content (AvgIpc) is 2.10. The minimum atomic E-state index is -0.0812. The molecule has 0 spiro atoms. The zero-order chi connectivity index (χ0) is 9.84. The van der Waals surface area contributed by atoms with Crippen LogP contribution < -0.4 is 5.43 Å². The number of hydrogen-bond acceptors (Lipinski definition) is 2. The number of aldehydes is 1. The van der Waals surface area contributed by atoms with Gasteiger partial charge in [-0.3, -0.25) is 4.79 Å². The maximum absolute atomic E-state index is 11.2. The van der Waals surface area contributed by atoms with Gasteiger partial charge in [-0.05, 0) is 31.9 Å². The van der Waals surface area contributed by atoms with Crippen molar-refractivity contribution >= 4 is 38.1 Å². The van der Waals surface area contributed by atoms with Crippen LogP contribution in [0.2, 0.25) is 0 Å². The third kappa shape index (κ3) is 2.77. The van der Waals surface area contributed by atoms with Gasteiger partial charge in [0.15, 0.2) is 0 Å². The fourth-order valence-corrected chi connectivity index (χ4v) is 2.11. The average molecular weight is 309 g/mol. The van der Waals surface area contributed by atoms with Crippen molar-refractivity contribution in [1.82, 2.24) is 4.57 Å². The van der Waals surface area contributed by atoms with Crippen LogP contribution in [0.5, 0.6) is 0 Å².